The van der Waals surface area contributed by atoms with Gasteiger partial charge in [-0.25, -0.2) is 6.08 Å². The van der Waals surface area contributed by atoms with Gasteiger partial charge in [-0.2, -0.15) is 11.6 Å². The molecule has 3 aromatic carbocycles. The molecule has 0 aliphatic heterocycles. The molecule has 0 amide bonds. The van der Waals surface area contributed by atoms with Gasteiger partial charge in [0.2, 0.25) is 0 Å². The normalized spacial score (nSPS) is 17.7. The molecule has 1 unspecified atom stereocenters. The third kappa shape index (κ3) is 8.31. The van der Waals surface area contributed by atoms with Gasteiger partial charge in [0, 0.05) is 0 Å². The van der Waals surface area contributed by atoms with Crippen LogP contribution in [0, 0.1) is 45.1 Å². The molecule has 3 aromatic rings. The van der Waals surface area contributed by atoms with E-state index in [-0.39, 0.29) is 24.8 Å². The van der Waals surface area contributed by atoms with Gasteiger partial charge < -0.3 is 24.8 Å². The van der Waals surface area contributed by atoms with Crippen molar-refractivity contribution in [3.63, 3.8) is 0 Å². The molecule has 0 bridgehead atoms. The Kier molecular flexibility index (Phi) is 13.2. The van der Waals surface area contributed by atoms with Gasteiger partial charge in [0.15, 0.2) is 0 Å². The molecule has 0 aromatic heterocycles. The molecule has 194 valence electrons. The van der Waals surface area contributed by atoms with E-state index in [1.54, 1.807) is 29.8 Å². The van der Waals surface area contributed by atoms with Crippen molar-refractivity contribution in [3.05, 3.63) is 76.4 Å². The zero-order valence-electron chi connectivity index (χ0n) is 23.4. The van der Waals surface area contributed by atoms with Gasteiger partial charge in [-0.05, 0) is 27.7 Å². The Morgan fingerprint density at radius 3 is 1.64 bits per heavy atom. The summed E-state index contributed by atoms with van der Waals surface area (Å²) in [6, 6.07) is 11.6. The largest absolute Gasteiger partial charge is 1.00 e. The van der Waals surface area contributed by atoms with Crippen LogP contribution in [0.15, 0.2) is 48.1 Å². The van der Waals surface area contributed by atoms with E-state index in [4.69, 9.17) is 0 Å². The fourth-order valence-electron chi connectivity index (χ4n) is 5.13. The van der Waals surface area contributed by atoms with Crippen LogP contribution < -0.4 is 24.8 Å². The Morgan fingerprint density at radius 2 is 1.25 bits per heavy atom. The van der Waals surface area contributed by atoms with Crippen LogP contribution in [-0.4, -0.2) is 3.21 Å². The molecule has 1 atom stereocenters. The van der Waals surface area contributed by atoms with Gasteiger partial charge >= 0.3 is 41.3 Å². The SMILES string of the molecule is CC1[C-]=CC(C2(C)CCCCC2)=C1.C[C](C)=[Zr+2].Cc1cc2[cH-]c3cc(C)c(C)cc3c2cc1C.[Cl-].[Cl-]. The summed E-state index contributed by atoms with van der Waals surface area (Å²) in [7, 11) is 0. The molecule has 2 aliphatic rings. The number of hydrogen-bond acceptors (Lipinski definition) is 0. The Hall–Kier alpha value is -0.877. The monoisotopic (exact) mass is 598 g/mol. The van der Waals surface area contributed by atoms with Gasteiger partial charge in [-0.3, -0.25) is 6.08 Å². The summed E-state index contributed by atoms with van der Waals surface area (Å²) < 4.78 is 1.51. The number of rotatable bonds is 1. The van der Waals surface area contributed by atoms with E-state index >= 15 is 0 Å². The van der Waals surface area contributed by atoms with Gasteiger partial charge in [-0.1, -0.05) is 91.7 Å². The second kappa shape index (κ2) is 14.3. The van der Waals surface area contributed by atoms with Crippen molar-refractivity contribution in [1.29, 1.82) is 0 Å². The molecule has 0 nitrogen and oxygen atoms in total. The van der Waals surface area contributed by atoms with E-state index in [9.17, 15) is 0 Å². The molecular formula is C33H42Cl2Zr-2. The predicted octanol–water partition coefficient (Wildman–Crippen LogP) is 3.59. The Morgan fingerprint density at radius 1 is 0.833 bits per heavy atom. The summed E-state index contributed by atoms with van der Waals surface area (Å²) in [5.74, 6) is 0.550. The minimum Gasteiger partial charge on any atom is -1.00 e. The van der Waals surface area contributed by atoms with Crippen LogP contribution >= 0.6 is 0 Å². The fourth-order valence-corrected chi connectivity index (χ4v) is 5.13. The topological polar surface area (TPSA) is 0 Å². The predicted molar refractivity (Wildman–Crippen MR) is 149 cm³/mol. The summed E-state index contributed by atoms with van der Waals surface area (Å²) in [5.41, 5.74) is 7.55. The van der Waals surface area contributed by atoms with Crippen molar-refractivity contribution in [2.75, 3.05) is 0 Å². The zero-order chi connectivity index (χ0) is 25.0. The smallest absolute Gasteiger partial charge is 0.0408 e. The average Bonchev–Trinajstić information content (AvgIpc) is 3.34. The Bertz CT molecular complexity index is 1170. The maximum atomic E-state index is 3.37. The zero-order valence-corrected chi connectivity index (χ0v) is 27.4. The minimum absolute atomic E-state index is 0. The van der Waals surface area contributed by atoms with E-state index in [0.717, 1.165) is 0 Å². The fraction of sp³-hybridized carbons (Fsp3) is 0.455. The molecule has 0 spiro atoms. The van der Waals surface area contributed by atoms with Crippen LogP contribution in [0.1, 0.15) is 82.1 Å². The van der Waals surface area contributed by atoms with E-state index in [1.807, 2.05) is 0 Å². The molecule has 36 heavy (non-hydrogen) atoms. The summed E-state index contributed by atoms with van der Waals surface area (Å²) in [6.07, 6.45) is 15.0. The van der Waals surface area contributed by atoms with E-state index < -0.39 is 0 Å². The van der Waals surface area contributed by atoms with Gasteiger partial charge in [0.1, 0.15) is 0 Å². The van der Waals surface area contributed by atoms with Crippen LogP contribution in [0.4, 0.5) is 0 Å². The van der Waals surface area contributed by atoms with Crippen LogP contribution in [0.25, 0.3) is 21.5 Å². The summed E-state index contributed by atoms with van der Waals surface area (Å²) in [4.78, 5) is 0. The number of halogens is 2. The first kappa shape index (κ1) is 33.2. The molecule has 3 heteroatoms. The van der Waals surface area contributed by atoms with E-state index in [1.165, 1.54) is 79.1 Å². The van der Waals surface area contributed by atoms with Crippen molar-refractivity contribution in [1.82, 2.24) is 0 Å². The minimum atomic E-state index is 0. The number of aryl methyl sites for hydroxylation is 4. The molecule has 0 heterocycles. The van der Waals surface area contributed by atoms with Gasteiger partial charge in [-0.15, -0.1) is 39.7 Å². The maximum Gasteiger partial charge on any atom is -0.0408 e. The second-order valence-electron chi connectivity index (χ2n) is 11.0. The standard InChI is InChI=1S/C17H17.C13H19.C3H6.2ClH.Zr/c1-10-5-14-9-15-6-11(2)13(4)8-17(15)16(14)7-12(10)3;1-11-6-7-12(10-11)13(2)8-4-3-5-9-13;1-3-2;;;/h5-9H,1-4H3;7,10-11H,3-5,8-9H2,1-2H3;1-2H3;2*1H;/q2*-1;;;;+2/p-2. The molecular weight excluding hydrogens is 558 g/mol. The summed E-state index contributed by atoms with van der Waals surface area (Å²) in [6.45, 7) is 17.6. The summed E-state index contributed by atoms with van der Waals surface area (Å²) >= 11 is 1.55. The number of benzene rings is 2. The Labute approximate surface area is 247 Å². The first-order chi connectivity index (χ1) is 16.0. The number of hydrogen-bond donors (Lipinski definition) is 0. The van der Waals surface area contributed by atoms with Crippen LogP contribution in [0.2, 0.25) is 0 Å². The first-order valence-electron chi connectivity index (χ1n) is 12.9. The quantitative estimate of drug-likeness (QED) is 0.375. The van der Waals surface area contributed by atoms with Crippen molar-refractivity contribution >= 4 is 24.8 Å². The van der Waals surface area contributed by atoms with Gasteiger partial charge in [0.25, 0.3) is 0 Å². The summed E-state index contributed by atoms with van der Waals surface area (Å²) in [5, 5.41) is 5.53. The third-order valence-corrected chi connectivity index (χ3v) is 7.52. The van der Waals surface area contributed by atoms with Crippen molar-refractivity contribution < 1.29 is 49.0 Å². The number of fused-ring (bicyclic) bond motifs is 3. The number of allylic oxidation sites excluding steroid dienone is 4. The van der Waals surface area contributed by atoms with E-state index in [0.29, 0.717) is 11.3 Å². The molecule has 2 aliphatic carbocycles. The molecule has 5 rings (SSSR count). The van der Waals surface area contributed by atoms with Crippen molar-refractivity contribution in [3.8, 4) is 0 Å². The molecule has 0 saturated heterocycles. The van der Waals surface area contributed by atoms with E-state index in [2.05, 4.69) is 104 Å². The Balaban J connectivity index is 0.000000306. The van der Waals surface area contributed by atoms with Crippen LogP contribution in [0.3, 0.4) is 0 Å². The first-order valence-corrected chi connectivity index (χ1v) is 14.1. The third-order valence-electron chi connectivity index (χ3n) is 7.52. The van der Waals surface area contributed by atoms with Crippen LogP contribution in [0.5, 0.6) is 0 Å². The van der Waals surface area contributed by atoms with Crippen molar-refractivity contribution in [2.45, 2.75) is 87.5 Å². The maximum absolute atomic E-state index is 3.37. The second-order valence-corrected chi connectivity index (χ2v) is 13.5. The molecule has 1 saturated carbocycles. The van der Waals surface area contributed by atoms with Crippen LogP contribution in [-0.2, 0) is 24.2 Å². The average molecular weight is 601 g/mol. The van der Waals surface area contributed by atoms with Crippen molar-refractivity contribution in [2.24, 2.45) is 11.3 Å². The molecule has 0 radical (unpaired) electrons. The molecule has 0 N–H and O–H groups in total. The van der Waals surface area contributed by atoms with Gasteiger partial charge in [0.05, 0.1) is 0 Å². The molecule has 1 fully saturated rings.